The molecule has 1 aliphatic heterocycles. The average molecular weight is 347 g/mol. The summed E-state index contributed by atoms with van der Waals surface area (Å²) in [6, 6.07) is 7.23. The van der Waals surface area contributed by atoms with Gasteiger partial charge in [0.25, 0.3) is 0 Å². The van der Waals surface area contributed by atoms with Crippen LogP contribution in [0.3, 0.4) is 0 Å². The molecule has 0 aliphatic carbocycles. The standard InChI is InChI=1S/C19H29N3O3/c1-14(2)12-17(23)21-15-4-6-16(7-5-15)22-18(24)19(13-25-3)8-10-20-11-9-19/h4-7,14,20H,8-13H2,1-3H3,(H,21,23)(H,22,24). The Morgan fingerprint density at radius 1 is 1.12 bits per heavy atom. The molecule has 6 nitrogen and oxygen atoms in total. The van der Waals surface area contributed by atoms with Crippen molar-refractivity contribution in [3.8, 4) is 0 Å². The van der Waals surface area contributed by atoms with Crippen LogP contribution in [0, 0.1) is 11.3 Å². The highest BCUT2D eigenvalue weighted by molar-refractivity contribution is 5.96. The number of carbonyl (C=O) groups is 2. The minimum atomic E-state index is -0.482. The van der Waals surface area contributed by atoms with Crippen LogP contribution < -0.4 is 16.0 Å². The number of hydrogen-bond acceptors (Lipinski definition) is 4. The number of ether oxygens (including phenoxy) is 1. The fourth-order valence-corrected chi connectivity index (χ4v) is 3.10. The van der Waals surface area contributed by atoms with E-state index in [0.717, 1.165) is 37.3 Å². The number of benzene rings is 1. The Labute approximate surface area is 149 Å². The third kappa shape index (κ3) is 5.54. The van der Waals surface area contributed by atoms with Crippen molar-refractivity contribution in [2.24, 2.45) is 11.3 Å². The number of carbonyl (C=O) groups excluding carboxylic acids is 2. The molecule has 1 aromatic rings. The van der Waals surface area contributed by atoms with Crippen LogP contribution in [-0.2, 0) is 14.3 Å². The highest BCUT2D eigenvalue weighted by Gasteiger charge is 2.39. The SMILES string of the molecule is COCC1(C(=O)Nc2ccc(NC(=O)CC(C)C)cc2)CCNCC1. The van der Waals surface area contributed by atoms with Gasteiger partial charge in [-0.05, 0) is 56.1 Å². The van der Waals surface area contributed by atoms with Crippen molar-refractivity contribution in [3.05, 3.63) is 24.3 Å². The Hall–Kier alpha value is -1.92. The summed E-state index contributed by atoms with van der Waals surface area (Å²) in [5.41, 5.74) is 0.974. The monoisotopic (exact) mass is 347 g/mol. The highest BCUT2D eigenvalue weighted by Crippen LogP contribution is 2.31. The molecule has 1 fully saturated rings. The second kappa shape index (κ2) is 8.97. The van der Waals surface area contributed by atoms with Crippen molar-refractivity contribution < 1.29 is 14.3 Å². The van der Waals surface area contributed by atoms with E-state index in [2.05, 4.69) is 16.0 Å². The van der Waals surface area contributed by atoms with Crippen LogP contribution in [0.2, 0.25) is 0 Å². The maximum Gasteiger partial charge on any atom is 0.233 e. The zero-order chi connectivity index (χ0) is 18.3. The van der Waals surface area contributed by atoms with Gasteiger partial charge in [0.2, 0.25) is 11.8 Å². The molecule has 138 valence electrons. The number of piperidine rings is 1. The van der Waals surface area contributed by atoms with E-state index in [1.165, 1.54) is 0 Å². The topological polar surface area (TPSA) is 79.5 Å². The Morgan fingerprint density at radius 2 is 1.68 bits per heavy atom. The molecule has 0 bridgehead atoms. The van der Waals surface area contributed by atoms with Gasteiger partial charge >= 0.3 is 0 Å². The van der Waals surface area contributed by atoms with Crippen molar-refractivity contribution >= 4 is 23.2 Å². The highest BCUT2D eigenvalue weighted by atomic mass is 16.5. The molecule has 6 heteroatoms. The average Bonchev–Trinajstić information content (AvgIpc) is 2.57. The molecule has 3 N–H and O–H groups in total. The van der Waals surface area contributed by atoms with E-state index in [-0.39, 0.29) is 11.8 Å². The van der Waals surface area contributed by atoms with E-state index >= 15 is 0 Å². The summed E-state index contributed by atoms with van der Waals surface area (Å²) in [7, 11) is 1.63. The number of methoxy groups -OCH3 is 1. The van der Waals surface area contributed by atoms with Crippen molar-refractivity contribution in [1.29, 1.82) is 0 Å². The molecule has 0 saturated carbocycles. The molecule has 0 unspecified atom stereocenters. The maximum absolute atomic E-state index is 12.8. The van der Waals surface area contributed by atoms with Crippen molar-refractivity contribution in [1.82, 2.24) is 5.32 Å². The molecule has 25 heavy (non-hydrogen) atoms. The largest absolute Gasteiger partial charge is 0.384 e. The van der Waals surface area contributed by atoms with Crippen LogP contribution in [0.15, 0.2) is 24.3 Å². The van der Waals surface area contributed by atoms with Crippen LogP contribution in [0.5, 0.6) is 0 Å². The molecule has 0 spiro atoms. The lowest BCUT2D eigenvalue weighted by Gasteiger charge is -2.35. The smallest absolute Gasteiger partial charge is 0.233 e. The van der Waals surface area contributed by atoms with Gasteiger partial charge < -0.3 is 20.7 Å². The first-order valence-electron chi connectivity index (χ1n) is 8.86. The Kier molecular flexibility index (Phi) is 6.96. The lowest BCUT2D eigenvalue weighted by molar-refractivity contribution is -0.130. The Balaban J connectivity index is 1.97. The normalized spacial score (nSPS) is 16.5. The van der Waals surface area contributed by atoms with Crippen LogP contribution in [-0.4, -0.2) is 38.6 Å². The van der Waals surface area contributed by atoms with E-state index in [0.29, 0.717) is 18.9 Å². The van der Waals surface area contributed by atoms with E-state index in [4.69, 9.17) is 4.74 Å². The predicted octanol–water partition coefficient (Wildman–Crippen LogP) is 2.63. The molecule has 2 rings (SSSR count). The summed E-state index contributed by atoms with van der Waals surface area (Å²) in [5, 5.41) is 9.14. The van der Waals surface area contributed by atoms with Gasteiger partial charge in [-0.1, -0.05) is 13.8 Å². The van der Waals surface area contributed by atoms with Gasteiger partial charge in [0.05, 0.1) is 12.0 Å². The summed E-state index contributed by atoms with van der Waals surface area (Å²) in [4.78, 5) is 24.6. The number of hydrogen-bond donors (Lipinski definition) is 3. The summed E-state index contributed by atoms with van der Waals surface area (Å²) >= 11 is 0. The first kappa shape index (κ1) is 19.4. The molecule has 0 radical (unpaired) electrons. The van der Waals surface area contributed by atoms with Crippen LogP contribution in [0.25, 0.3) is 0 Å². The fraction of sp³-hybridized carbons (Fsp3) is 0.579. The number of nitrogens with one attached hydrogen (secondary N) is 3. The van der Waals surface area contributed by atoms with Crippen LogP contribution in [0.4, 0.5) is 11.4 Å². The molecule has 1 aromatic carbocycles. The van der Waals surface area contributed by atoms with E-state index in [1.54, 1.807) is 19.2 Å². The summed E-state index contributed by atoms with van der Waals surface area (Å²) in [6.45, 7) is 6.07. The van der Waals surface area contributed by atoms with Gasteiger partial charge in [-0.2, -0.15) is 0 Å². The molecule has 0 atom stereocenters. The first-order chi connectivity index (χ1) is 11.9. The Bertz CT molecular complexity index is 573. The van der Waals surface area contributed by atoms with Gasteiger partial charge in [0.15, 0.2) is 0 Å². The molecule has 0 aromatic heterocycles. The van der Waals surface area contributed by atoms with Crippen molar-refractivity contribution in [2.45, 2.75) is 33.1 Å². The minimum absolute atomic E-state index is 0.000499. The molecule has 1 saturated heterocycles. The summed E-state index contributed by atoms with van der Waals surface area (Å²) in [5.74, 6) is 0.313. The molecular weight excluding hydrogens is 318 g/mol. The third-order valence-electron chi connectivity index (χ3n) is 4.48. The number of anilines is 2. The van der Waals surface area contributed by atoms with Crippen molar-refractivity contribution in [3.63, 3.8) is 0 Å². The zero-order valence-electron chi connectivity index (χ0n) is 15.4. The maximum atomic E-state index is 12.8. The third-order valence-corrected chi connectivity index (χ3v) is 4.48. The number of rotatable bonds is 7. The molecule has 1 aliphatic rings. The minimum Gasteiger partial charge on any atom is -0.384 e. The van der Waals surface area contributed by atoms with Gasteiger partial charge in [-0.25, -0.2) is 0 Å². The second-order valence-electron chi connectivity index (χ2n) is 7.14. The van der Waals surface area contributed by atoms with Gasteiger partial charge in [0, 0.05) is 24.9 Å². The summed E-state index contributed by atoms with van der Waals surface area (Å²) in [6.07, 6.45) is 2.01. The van der Waals surface area contributed by atoms with Gasteiger partial charge in [0.1, 0.15) is 0 Å². The molecule has 2 amide bonds. The van der Waals surface area contributed by atoms with Crippen LogP contribution in [0.1, 0.15) is 33.1 Å². The quantitative estimate of drug-likeness (QED) is 0.708. The van der Waals surface area contributed by atoms with Gasteiger partial charge in [-0.3, -0.25) is 9.59 Å². The van der Waals surface area contributed by atoms with Crippen molar-refractivity contribution in [2.75, 3.05) is 37.4 Å². The number of amides is 2. The van der Waals surface area contributed by atoms with E-state index in [9.17, 15) is 9.59 Å². The predicted molar refractivity (Wildman–Crippen MR) is 99.6 cm³/mol. The summed E-state index contributed by atoms with van der Waals surface area (Å²) < 4.78 is 5.30. The molecular formula is C19H29N3O3. The molecule has 1 heterocycles. The fourth-order valence-electron chi connectivity index (χ4n) is 3.10. The van der Waals surface area contributed by atoms with Crippen LogP contribution >= 0.6 is 0 Å². The second-order valence-corrected chi connectivity index (χ2v) is 7.14. The zero-order valence-corrected chi connectivity index (χ0v) is 15.4. The van der Waals surface area contributed by atoms with E-state index < -0.39 is 5.41 Å². The van der Waals surface area contributed by atoms with E-state index in [1.807, 2.05) is 26.0 Å². The first-order valence-corrected chi connectivity index (χ1v) is 8.86. The van der Waals surface area contributed by atoms with Gasteiger partial charge in [-0.15, -0.1) is 0 Å². The lowest BCUT2D eigenvalue weighted by atomic mass is 9.78. The Morgan fingerprint density at radius 3 is 2.20 bits per heavy atom. The lowest BCUT2D eigenvalue weighted by Crippen LogP contribution is -2.47.